The van der Waals surface area contributed by atoms with Crippen LogP contribution in [0.5, 0.6) is 0 Å². The Balaban J connectivity index is 1.57. The summed E-state index contributed by atoms with van der Waals surface area (Å²) >= 11 is 0. The molecule has 0 radical (unpaired) electrons. The van der Waals surface area contributed by atoms with Crippen LogP contribution >= 0.6 is 0 Å². The van der Waals surface area contributed by atoms with Crippen LogP contribution in [0.1, 0.15) is 18.9 Å². The van der Waals surface area contributed by atoms with E-state index in [0.717, 1.165) is 32.6 Å². The van der Waals surface area contributed by atoms with Crippen LogP contribution < -0.4 is 0 Å². The lowest BCUT2D eigenvalue weighted by Gasteiger charge is -2.42. The van der Waals surface area contributed by atoms with E-state index in [1.807, 2.05) is 0 Å². The van der Waals surface area contributed by atoms with Gasteiger partial charge in [-0.2, -0.15) is 0 Å². The molecule has 116 valence electrons. The van der Waals surface area contributed by atoms with Crippen molar-refractivity contribution in [3.8, 4) is 0 Å². The third kappa shape index (κ3) is 2.54. The van der Waals surface area contributed by atoms with Crippen LogP contribution in [0.4, 0.5) is 0 Å². The Kier molecular flexibility index (Phi) is 3.65. The predicted molar refractivity (Wildman–Crippen MR) is 89.8 cm³/mol. The maximum Gasteiger partial charge on any atom is 0.0682 e. The number of hydrogen-bond donors (Lipinski definition) is 1. The molecule has 0 saturated carbocycles. The highest BCUT2D eigenvalue weighted by Crippen LogP contribution is 2.27. The highest BCUT2D eigenvalue weighted by Gasteiger charge is 2.38. The summed E-state index contributed by atoms with van der Waals surface area (Å²) in [4.78, 5) is 5.05. The molecule has 2 aromatic carbocycles. The lowest BCUT2D eigenvalue weighted by atomic mass is 10.0. The summed E-state index contributed by atoms with van der Waals surface area (Å²) in [5.41, 5.74) is 1.41. The zero-order valence-corrected chi connectivity index (χ0v) is 13.2. The van der Waals surface area contributed by atoms with Gasteiger partial charge in [0.2, 0.25) is 0 Å². The molecule has 2 fully saturated rings. The number of nitrogens with zero attached hydrogens (tertiary/aromatic N) is 2. The Hall–Kier alpha value is -1.42. The summed E-state index contributed by atoms with van der Waals surface area (Å²) in [6.45, 7) is 6.32. The quantitative estimate of drug-likeness (QED) is 0.922. The predicted octanol–water partition coefficient (Wildman–Crippen LogP) is 2.48. The first-order chi connectivity index (χ1) is 10.7. The topological polar surface area (TPSA) is 26.7 Å². The normalized spacial score (nSPS) is 29.8. The molecule has 22 heavy (non-hydrogen) atoms. The van der Waals surface area contributed by atoms with Crippen molar-refractivity contribution >= 4 is 10.8 Å². The lowest BCUT2D eigenvalue weighted by Crippen LogP contribution is -2.54. The first-order valence-electron chi connectivity index (χ1n) is 8.33. The molecule has 0 aromatic heterocycles. The molecule has 0 spiro atoms. The fraction of sp³-hybridized carbons (Fsp3) is 0.474. The molecule has 3 atom stereocenters. The molecule has 2 saturated heterocycles. The molecule has 1 N–H and O–H groups in total. The number of hydrogen-bond acceptors (Lipinski definition) is 3. The summed E-state index contributed by atoms with van der Waals surface area (Å²) in [7, 11) is 0. The van der Waals surface area contributed by atoms with Crippen molar-refractivity contribution in [1.82, 2.24) is 9.80 Å². The van der Waals surface area contributed by atoms with Gasteiger partial charge in [0.05, 0.1) is 6.10 Å². The second-order valence-electron chi connectivity index (χ2n) is 6.91. The number of benzene rings is 2. The molecule has 0 amide bonds. The van der Waals surface area contributed by atoms with Crippen LogP contribution in [0, 0.1) is 0 Å². The van der Waals surface area contributed by atoms with E-state index in [1.165, 1.54) is 16.3 Å². The average Bonchev–Trinajstić information content (AvgIpc) is 2.87. The van der Waals surface area contributed by atoms with Crippen LogP contribution in [0.3, 0.4) is 0 Å². The van der Waals surface area contributed by atoms with Gasteiger partial charge in [0.25, 0.3) is 0 Å². The van der Waals surface area contributed by atoms with E-state index in [1.54, 1.807) is 0 Å². The standard InChI is InChI=1S/C19H24N2O/c1-14-10-21-13-18(22)9-17(21)12-20(14)11-16-7-4-6-15-5-2-3-8-19(15)16/h2-8,14,17-18,22H,9-13H2,1H3/t14-,17-,18+/m0/s1. The van der Waals surface area contributed by atoms with E-state index in [0.29, 0.717) is 12.1 Å². The zero-order valence-electron chi connectivity index (χ0n) is 13.2. The summed E-state index contributed by atoms with van der Waals surface area (Å²) in [6.07, 6.45) is 0.799. The Morgan fingerprint density at radius 3 is 2.77 bits per heavy atom. The molecular formula is C19H24N2O. The molecule has 2 aromatic rings. The molecule has 0 unspecified atom stereocenters. The second-order valence-corrected chi connectivity index (χ2v) is 6.91. The Morgan fingerprint density at radius 1 is 1.05 bits per heavy atom. The average molecular weight is 296 g/mol. The summed E-state index contributed by atoms with van der Waals surface area (Å²) in [5.74, 6) is 0. The minimum absolute atomic E-state index is 0.130. The molecule has 3 heteroatoms. The van der Waals surface area contributed by atoms with Gasteiger partial charge in [-0.1, -0.05) is 42.5 Å². The van der Waals surface area contributed by atoms with Gasteiger partial charge in [0.15, 0.2) is 0 Å². The number of piperazine rings is 1. The van der Waals surface area contributed by atoms with Crippen molar-refractivity contribution in [3.05, 3.63) is 48.0 Å². The van der Waals surface area contributed by atoms with E-state index in [9.17, 15) is 5.11 Å². The van der Waals surface area contributed by atoms with Crippen LogP contribution in [0.2, 0.25) is 0 Å². The highest BCUT2D eigenvalue weighted by atomic mass is 16.3. The largest absolute Gasteiger partial charge is 0.392 e. The van der Waals surface area contributed by atoms with Gasteiger partial charge in [0.1, 0.15) is 0 Å². The van der Waals surface area contributed by atoms with Crippen molar-refractivity contribution in [2.24, 2.45) is 0 Å². The van der Waals surface area contributed by atoms with Crippen molar-refractivity contribution < 1.29 is 5.11 Å². The third-order valence-corrected chi connectivity index (χ3v) is 5.33. The molecule has 2 heterocycles. The SMILES string of the molecule is C[C@H]1CN2C[C@H](O)C[C@H]2CN1Cc1cccc2ccccc12. The minimum Gasteiger partial charge on any atom is -0.392 e. The van der Waals surface area contributed by atoms with Crippen LogP contribution in [0.15, 0.2) is 42.5 Å². The van der Waals surface area contributed by atoms with Gasteiger partial charge in [-0.15, -0.1) is 0 Å². The molecule has 2 aliphatic heterocycles. The maximum atomic E-state index is 9.90. The summed E-state index contributed by atoms with van der Waals surface area (Å²) < 4.78 is 0. The van der Waals surface area contributed by atoms with Crippen molar-refractivity contribution in [3.63, 3.8) is 0 Å². The van der Waals surface area contributed by atoms with Crippen molar-refractivity contribution in [1.29, 1.82) is 0 Å². The van der Waals surface area contributed by atoms with Gasteiger partial charge in [-0.25, -0.2) is 0 Å². The van der Waals surface area contributed by atoms with Gasteiger partial charge in [0, 0.05) is 38.3 Å². The van der Waals surface area contributed by atoms with E-state index in [2.05, 4.69) is 59.2 Å². The molecule has 0 bridgehead atoms. The number of fused-ring (bicyclic) bond motifs is 2. The molecule has 2 aliphatic rings. The number of rotatable bonds is 2. The van der Waals surface area contributed by atoms with Gasteiger partial charge in [-0.05, 0) is 29.7 Å². The first-order valence-corrected chi connectivity index (χ1v) is 8.33. The van der Waals surface area contributed by atoms with Crippen molar-refractivity contribution in [2.45, 2.75) is 38.1 Å². The smallest absolute Gasteiger partial charge is 0.0682 e. The van der Waals surface area contributed by atoms with E-state index >= 15 is 0 Å². The van der Waals surface area contributed by atoms with Crippen molar-refractivity contribution in [2.75, 3.05) is 19.6 Å². The maximum absolute atomic E-state index is 9.90. The molecule has 3 nitrogen and oxygen atoms in total. The van der Waals surface area contributed by atoms with E-state index in [-0.39, 0.29) is 6.10 Å². The fourth-order valence-electron chi connectivity index (χ4n) is 4.15. The Morgan fingerprint density at radius 2 is 1.86 bits per heavy atom. The zero-order chi connectivity index (χ0) is 15.1. The van der Waals surface area contributed by atoms with E-state index in [4.69, 9.17) is 0 Å². The lowest BCUT2D eigenvalue weighted by molar-refractivity contribution is 0.0531. The van der Waals surface area contributed by atoms with Crippen LogP contribution in [0.25, 0.3) is 10.8 Å². The molecule has 0 aliphatic carbocycles. The first kappa shape index (κ1) is 14.2. The number of aliphatic hydroxyl groups is 1. The number of aliphatic hydroxyl groups excluding tert-OH is 1. The summed E-state index contributed by atoms with van der Waals surface area (Å²) in [6, 6.07) is 16.3. The molecular weight excluding hydrogens is 272 g/mol. The molecule has 4 rings (SSSR count). The van der Waals surface area contributed by atoms with Gasteiger partial charge in [-0.3, -0.25) is 9.80 Å². The Labute approximate surface area is 132 Å². The fourth-order valence-corrected chi connectivity index (χ4v) is 4.15. The van der Waals surface area contributed by atoms with Crippen LogP contribution in [-0.4, -0.2) is 52.7 Å². The second kappa shape index (κ2) is 5.65. The monoisotopic (exact) mass is 296 g/mol. The van der Waals surface area contributed by atoms with Gasteiger partial charge >= 0.3 is 0 Å². The van der Waals surface area contributed by atoms with Crippen LogP contribution in [-0.2, 0) is 6.54 Å². The van der Waals surface area contributed by atoms with E-state index < -0.39 is 0 Å². The highest BCUT2D eigenvalue weighted by molar-refractivity contribution is 5.85. The van der Waals surface area contributed by atoms with Gasteiger partial charge < -0.3 is 5.11 Å². The summed E-state index contributed by atoms with van der Waals surface area (Å²) in [5, 5.41) is 12.6. The minimum atomic E-state index is -0.130. The third-order valence-electron chi connectivity index (χ3n) is 5.33. The Bertz CT molecular complexity index is 666.